The molecule has 1 aromatic heterocycles. The lowest BCUT2D eigenvalue weighted by Gasteiger charge is -2.25. The number of rotatable bonds is 11. The number of amides is 3. The number of nitrogens with zero attached hydrogens (tertiary/aromatic N) is 2. The summed E-state index contributed by atoms with van der Waals surface area (Å²) in [5, 5.41) is 4.70. The van der Waals surface area contributed by atoms with E-state index < -0.39 is 23.2 Å². The Labute approximate surface area is 164 Å². The Morgan fingerprint density at radius 3 is 2.39 bits per heavy atom. The Bertz CT molecular complexity index is 770. The molecular formula is C18H32N6O4. The van der Waals surface area contributed by atoms with E-state index in [9.17, 15) is 19.2 Å². The van der Waals surface area contributed by atoms with Crippen LogP contribution in [0.3, 0.4) is 0 Å². The quantitative estimate of drug-likeness (QED) is 0.407. The number of imide groups is 1. The zero-order valence-corrected chi connectivity index (χ0v) is 17.0. The van der Waals surface area contributed by atoms with Crippen molar-refractivity contribution in [2.24, 2.45) is 0 Å². The average Bonchev–Trinajstić information content (AvgIpc) is 2.61. The highest BCUT2D eigenvalue weighted by Crippen LogP contribution is 2.17. The van der Waals surface area contributed by atoms with Gasteiger partial charge in [-0.3, -0.25) is 24.5 Å². The minimum atomic E-state index is -0.641. The molecule has 10 nitrogen and oxygen atoms in total. The fourth-order valence-corrected chi connectivity index (χ4v) is 2.79. The van der Waals surface area contributed by atoms with Crippen molar-refractivity contribution < 1.29 is 9.59 Å². The third-order valence-corrected chi connectivity index (χ3v) is 4.22. The number of aromatic nitrogens is 2. The first-order valence-electron chi connectivity index (χ1n) is 9.80. The number of hydrogen-bond acceptors (Lipinski definition) is 6. The molecule has 0 saturated carbocycles. The maximum atomic E-state index is 12.5. The van der Waals surface area contributed by atoms with Crippen LogP contribution in [0.25, 0.3) is 0 Å². The Hall–Kier alpha value is -2.78. The van der Waals surface area contributed by atoms with Crippen LogP contribution in [0, 0.1) is 0 Å². The number of H-pyrrole nitrogens is 1. The molecular weight excluding hydrogens is 364 g/mol. The van der Waals surface area contributed by atoms with Crippen LogP contribution >= 0.6 is 0 Å². The molecule has 28 heavy (non-hydrogen) atoms. The summed E-state index contributed by atoms with van der Waals surface area (Å²) in [6.07, 6.45) is 4.18. The molecule has 0 aliphatic rings. The summed E-state index contributed by atoms with van der Waals surface area (Å²) >= 11 is 0. The summed E-state index contributed by atoms with van der Waals surface area (Å²) in [5.74, 6) is -0.530. The van der Waals surface area contributed by atoms with E-state index in [0.29, 0.717) is 19.6 Å². The Balaban J connectivity index is 3.18. The summed E-state index contributed by atoms with van der Waals surface area (Å²) in [5.41, 5.74) is 5.02. The Morgan fingerprint density at radius 1 is 1.11 bits per heavy atom. The zero-order valence-electron chi connectivity index (χ0n) is 17.0. The SMILES string of the molecule is CCCCCN(CC(=O)NC(=O)NCC)c1c(N)n(CCCC)c(=O)[nH]c1=O. The molecule has 0 spiro atoms. The molecule has 0 unspecified atom stereocenters. The second-order valence-corrected chi connectivity index (χ2v) is 6.53. The molecule has 3 amide bonds. The molecule has 158 valence electrons. The monoisotopic (exact) mass is 396 g/mol. The normalized spacial score (nSPS) is 10.5. The van der Waals surface area contributed by atoms with E-state index in [-0.39, 0.29) is 18.1 Å². The Morgan fingerprint density at radius 2 is 1.79 bits per heavy atom. The van der Waals surface area contributed by atoms with E-state index in [4.69, 9.17) is 5.73 Å². The number of nitrogens with one attached hydrogen (secondary N) is 3. The van der Waals surface area contributed by atoms with Crippen LogP contribution in [-0.4, -0.2) is 41.1 Å². The molecule has 0 aliphatic heterocycles. The molecule has 0 aliphatic carbocycles. The van der Waals surface area contributed by atoms with E-state index in [1.807, 2.05) is 13.8 Å². The molecule has 0 aromatic carbocycles. The molecule has 1 aromatic rings. The second kappa shape index (κ2) is 11.8. The molecule has 1 heterocycles. The first-order valence-corrected chi connectivity index (χ1v) is 9.80. The average molecular weight is 396 g/mol. The van der Waals surface area contributed by atoms with Gasteiger partial charge in [-0.1, -0.05) is 33.1 Å². The summed E-state index contributed by atoms with van der Waals surface area (Å²) in [4.78, 5) is 52.2. The largest absolute Gasteiger partial charge is 0.383 e. The number of carbonyl (C=O) groups is 2. The van der Waals surface area contributed by atoms with Gasteiger partial charge in [0.2, 0.25) is 5.91 Å². The molecule has 0 fully saturated rings. The molecule has 0 bridgehead atoms. The van der Waals surface area contributed by atoms with Crippen molar-refractivity contribution >= 4 is 23.4 Å². The van der Waals surface area contributed by atoms with Gasteiger partial charge in [0.05, 0.1) is 6.54 Å². The van der Waals surface area contributed by atoms with Gasteiger partial charge in [0.25, 0.3) is 5.56 Å². The third kappa shape index (κ3) is 6.75. The number of anilines is 2. The van der Waals surface area contributed by atoms with Gasteiger partial charge in [-0.2, -0.15) is 0 Å². The smallest absolute Gasteiger partial charge is 0.330 e. The van der Waals surface area contributed by atoms with Gasteiger partial charge in [0.1, 0.15) is 11.5 Å². The van der Waals surface area contributed by atoms with E-state index in [1.165, 1.54) is 9.47 Å². The Kier molecular flexibility index (Phi) is 9.83. The number of hydrogen-bond donors (Lipinski definition) is 4. The third-order valence-electron chi connectivity index (χ3n) is 4.22. The van der Waals surface area contributed by atoms with E-state index in [1.54, 1.807) is 6.92 Å². The lowest BCUT2D eigenvalue weighted by Crippen LogP contribution is -2.47. The van der Waals surface area contributed by atoms with Crippen molar-refractivity contribution in [1.29, 1.82) is 0 Å². The molecule has 0 saturated heterocycles. The maximum Gasteiger partial charge on any atom is 0.330 e. The molecule has 0 atom stereocenters. The van der Waals surface area contributed by atoms with Crippen molar-refractivity contribution in [3.05, 3.63) is 20.8 Å². The summed E-state index contributed by atoms with van der Waals surface area (Å²) in [6, 6.07) is -0.601. The van der Waals surface area contributed by atoms with Crippen LogP contribution in [0.1, 0.15) is 52.9 Å². The van der Waals surface area contributed by atoms with Crippen LogP contribution < -0.4 is 32.5 Å². The van der Waals surface area contributed by atoms with Crippen molar-refractivity contribution in [3.63, 3.8) is 0 Å². The van der Waals surface area contributed by atoms with E-state index in [0.717, 1.165) is 32.1 Å². The topological polar surface area (TPSA) is 142 Å². The molecule has 0 radical (unpaired) electrons. The lowest BCUT2D eigenvalue weighted by atomic mass is 10.2. The summed E-state index contributed by atoms with van der Waals surface area (Å²) < 4.78 is 1.31. The highest BCUT2D eigenvalue weighted by Gasteiger charge is 2.21. The van der Waals surface area contributed by atoms with Crippen molar-refractivity contribution in [1.82, 2.24) is 20.2 Å². The van der Waals surface area contributed by atoms with E-state index >= 15 is 0 Å². The zero-order chi connectivity index (χ0) is 21.1. The van der Waals surface area contributed by atoms with Gasteiger partial charge in [-0.15, -0.1) is 0 Å². The van der Waals surface area contributed by atoms with E-state index in [2.05, 4.69) is 15.6 Å². The predicted octanol–water partition coefficient (Wildman–Crippen LogP) is 0.761. The minimum Gasteiger partial charge on any atom is -0.383 e. The van der Waals surface area contributed by atoms with Crippen molar-refractivity contribution in [2.75, 3.05) is 30.3 Å². The molecule has 5 N–H and O–H groups in total. The fourth-order valence-electron chi connectivity index (χ4n) is 2.79. The predicted molar refractivity (Wildman–Crippen MR) is 110 cm³/mol. The number of urea groups is 1. The lowest BCUT2D eigenvalue weighted by molar-refractivity contribution is -0.118. The maximum absolute atomic E-state index is 12.5. The molecule has 1 rings (SSSR count). The highest BCUT2D eigenvalue weighted by molar-refractivity contribution is 5.96. The van der Waals surface area contributed by atoms with Crippen LogP contribution in [0.2, 0.25) is 0 Å². The van der Waals surface area contributed by atoms with Gasteiger partial charge < -0.3 is 16.0 Å². The van der Waals surface area contributed by atoms with Crippen LogP contribution in [-0.2, 0) is 11.3 Å². The van der Waals surface area contributed by atoms with Gasteiger partial charge in [-0.05, 0) is 19.8 Å². The summed E-state index contributed by atoms with van der Waals surface area (Å²) in [6.45, 7) is 6.69. The van der Waals surface area contributed by atoms with Crippen molar-refractivity contribution in [3.8, 4) is 0 Å². The van der Waals surface area contributed by atoms with Gasteiger partial charge >= 0.3 is 11.7 Å². The number of nitrogen functional groups attached to an aromatic ring is 1. The molecule has 10 heteroatoms. The fraction of sp³-hybridized carbons (Fsp3) is 0.667. The first-order chi connectivity index (χ1) is 13.3. The number of nitrogens with two attached hydrogens (primary N) is 1. The summed E-state index contributed by atoms with van der Waals surface area (Å²) in [7, 11) is 0. The van der Waals surface area contributed by atoms with Gasteiger partial charge in [0.15, 0.2) is 0 Å². The van der Waals surface area contributed by atoms with Gasteiger partial charge in [0, 0.05) is 19.6 Å². The number of aromatic amines is 1. The minimum absolute atomic E-state index is 0.0320. The standard InChI is InChI=1S/C18H32N6O4/c1-4-7-9-10-23(12-13(25)21-17(27)20-6-3)14-15(19)24(11-8-5-2)18(28)22-16(14)26/h4-12,19H2,1-3H3,(H,22,26,28)(H2,20,21,25,27). The van der Waals surface area contributed by atoms with Gasteiger partial charge in [-0.25, -0.2) is 9.59 Å². The number of unbranched alkanes of at least 4 members (excludes halogenated alkanes) is 3. The van der Waals surface area contributed by atoms with Crippen LogP contribution in [0.15, 0.2) is 9.59 Å². The number of carbonyl (C=O) groups excluding carboxylic acids is 2. The highest BCUT2D eigenvalue weighted by atomic mass is 16.2. The van der Waals surface area contributed by atoms with Crippen molar-refractivity contribution in [2.45, 2.75) is 59.4 Å². The second-order valence-electron chi connectivity index (χ2n) is 6.53. The first kappa shape index (κ1) is 23.3. The van der Waals surface area contributed by atoms with Crippen LogP contribution in [0.4, 0.5) is 16.3 Å². The van der Waals surface area contributed by atoms with Crippen LogP contribution in [0.5, 0.6) is 0 Å².